The smallest absolute Gasteiger partial charge is 0.261 e. The molecule has 0 bridgehead atoms. The van der Waals surface area contributed by atoms with Gasteiger partial charge in [0.2, 0.25) is 0 Å². The van der Waals surface area contributed by atoms with Crippen LogP contribution in [0.4, 0.5) is 0 Å². The highest BCUT2D eigenvalue weighted by molar-refractivity contribution is 5.77. The van der Waals surface area contributed by atoms with Crippen LogP contribution < -0.4 is 10.9 Å². The fourth-order valence-electron chi connectivity index (χ4n) is 2.36. The minimum atomic E-state index is 0.0693. The second-order valence-corrected chi connectivity index (χ2v) is 4.85. The lowest BCUT2D eigenvalue weighted by atomic mass is 10.2. The molecule has 2 aromatic rings. The summed E-state index contributed by atoms with van der Waals surface area (Å²) in [7, 11) is 0. The third kappa shape index (κ3) is 2.68. The Morgan fingerprint density at radius 1 is 1.32 bits per heavy atom. The number of aromatic nitrogens is 2. The molecule has 0 saturated carbocycles. The summed E-state index contributed by atoms with van der Waals surface area (Å²) < 4.78 is 1.79. The fourth-order valence-corrected chi connectivity index (χ4v) is 2.36. The molecule has 0 radical (unpaired) electrons. The number of fused-ring (bicyclic) bond motifs is 1. The molecule has 0 saturated heterocycles. The molecule has 1 aromatic carbocycles. The zero-order chi connectivity index (χ0) is 13.8. The molecule has 102 valence electrons. The first-order valence-electron chi connectivity index (χ1n) is 7.01. The van der Waals surface area contributed by atoms with Crippen molar-refractivity contribution in [3.8, 4) is 0 Å². The number of nitrogens with two attached hydrogens (primary N) is 1. The van der Waals surface area contributed by atoms with E-state index in [1.54, 1.807) is 4.57 Å². The average molecular weight is 260 g/mol. The number of nitrogens with zero attached hydrogens (tertiary/aromatic N) is 2. The highest BCUT2D eigenvalue weighted by atomic mass is 16.1. The minimum Gasteiger partial charge on any atom is -0.338 e. The van der Waals surface area contributed by atoms with E-state index in [0.29, 0.717) is 11.9 Å². The molecule has 0 amide bonds. The van der Waals surface area contributed by atoms with Gasteiger partial charge in [-0.25, -0.2) is 4.98 Å². The maximum absolute atomic E-state index is 12.5. The van der Waals surface area contributed by atoms with Gasteiger partial charge in [-0.05, 0) is 32.4 Å². The van der Waals surface area contributed by atoms with Crippen molar-refractivity contribution >= 4 is 10.9 Å². The van der Waals surface area contributed by atoms with Crippen LogP contribution in [0.5, 0.6) is 0 Å². The molecule has 2 N–H and O–H groups in total. The predicted octanol–water partition coefficient (Wildman–Crippen LogP) is 1.45. The molecule has 0 aliphatic heterocycles. The number of quaternary nitrogens is 1. The minimum absolute atomic E-state index is 0.0693. The molecule has 0 spiro atoms. The molecule has 0 fully saturated rings. The van der Waals surface area contributed by atoms with Crippen LogP contribution in [-0.4, -0.2) is 16.1 Å². The van der Waals surface area contributed by atoms with Crippen LogP contribution >= 0.6 is 0 Å². The third-order valence-electron chi connectivity index (χ3n) is 3.42. The normalized spacial score (nSPS) is 12.8. The number of rotatable bonds is 5. The Bertz CT molecular complexity index is 618. The highest BCUT2D eigenvalue weighted by Crippen LogP contribution is 2.11. The predicted molar refractivity (Wildman–Crippen MR) is 77.2 cm³/mol. The zero-order valence-electron chi connectivity index (χ0n) is 11.9. The van der Waals surface area contributed by atoms with Crippen molar-refractivity contribution < 1.29 is 5.32 Å². The summed E-state index contributed by atoms with van der Waals surface area (Å²) in [6.07, 6.45) is 1.12. The van der Waals surface area contributed by atoms with E-state index in [-0.39, 0.29) is 11.6 Å². The maximum Gasteiger partial charge on any atom is 0.261 e. The van der Waals surface area contributed by atoms with Crippen LogP contribution in [0.1, 0.15) is 39.1 Å². The van der Waals surface area contributed by atoms with E-state index >= 15 is 0 Å². The Hall–Kier alpha value is -1.68. The Morgan fingerprint density at radius 2 is 2.05 bits per heavy atom. The molecular weight excluding hydrogens is 238 g/mol. The largest absolute Gasteiger partial charge is 0.338 e. The van der Waals surface area contributed by atoms with Gasteiger partial charge >= 0.3 is 0 Å². The summed E-state index contributed by atoms with van der Waals surface area (Å²) in [4.78, 5) is 17.2. The van der Waals surface area contributed by atoms with E-state index in [1.165, 1.54) is 0 Å². The summed E-state index contributed by atoms with van der Waals surface area (Å²) in [6, 6.07) is 7.78. The molecule has 1 atom stereocenters. The van der Waals surface area contributed by atoms with Crippen LogP contribution in [0.3, 0.4) is 0 Å². The second-order valence-electron chi connectivity index (χ2n) is 4.85. The first-order valence-corrected chi connectivity index (χ1v) is 7.01. The fraction of sp³-hybridized carbons (Fsp3) is 0.467. The van der Waals surface area contributed by atoms with Crippen molar-refractivity contribution in [1.82, 2.24) is 9.55 Å². The molecule has 4 nitrogen and oxygen atoms in total. The van der Waals surface area contributed by atoms with Crippen molar-refractivity contribution in [2.75, 3.05) is 6.54 Å². The molecule has 2 rings (SSSR count). The van der Waals surface area contributed by atoms with E-state index < -0.39 is 0 Å². The average Bonchev–Trinajstić information content (AvgIpc) is 2.44. The number of para-hydroxylation sites is 1. The number of benzene rings is 1. The number of hydrogen-bond donors (Lipinski definition) is 1. The Labute approximate surface area is 113 Å². The standard InChI is InChI=1S/C15H21N3O/c1-4-10-16-11(3)14-17-13-9-7-6-8-12(13)15(19)18(14)5-2/h6-9,11,16H,4-5,10H2,1-3H3/p+1/t11-/m0/s1. The first kappa shape index (κ1) is 13.7. The van der Waals surface area contributed by atoms with Crippen LogP contribution in [0, 0.1) is 0 Å². The molecule has 19 heavy (non-hydrogen) atoms. The summed E-state index contributed by atoms with van der Waals surface area (Å²) in [5.74, 6) is 0.875. The van der Waals surface area contributed by atoms with Crippen molar-refractivity contribution in [3.63, 3.8) is 0 Å². The van der Waals surface area contributed by atoms with E-state index in [1.807, 2.05) is 31.2 Å². The summed E-state index contributed by atoms with van der Waals surface area (Å²) >= 11 is 0. The molecule has 0 unspecified atom stereocenters. The van der Waals surface area contributed by atoms with Gasteiger partial charge < -0.3 is 5.32 Å². The first-order chi connectivity index (χ1) is 9.19. The van der Waals surface area contributed by atoms with Crippen LogP contribution in [0.2, 0.25) is 0 Å². The van der Waals surface area contributed by atoms with Gasteiger partial charge in [0, 0.05) is 6.54 Å². The maximum atomic E-state index is 12.5. The van der Waals surface area contributed by atoms with Crippen molar-refractivity contribution in [1.29, 1.82) is 0 Å². The zero-order valence-corrected chi connectivity index (χ0v) is 11.9. The van der Waals surface area contributed by atoms with Gasteiger partial charge in [0.1, 0.15) is 6.04 Å². The van der Waals surface area contributed by atoms with Crippen molar-refractivity contribution in [3.05, 3.63) is 40.4 Å². The summed E-state index contributed by atoms with van der Waals surface area (Å²) in [5, 5.41) is 2.94. The molecule has 0 aliphatic rings. The summed E-state index contributed by atoms with van der Waals surface area (Å²) in [6.45, 7) is 7.97. The Balaban J connectivity index is 2.56. The van der Waals surface area contributed by atoms with Crippen molar-refractivity contribution in [2.45, 2.75) is 39.8 Å². The molecule has 0 aliphatic carbocycles. The SMILES string of the molecule is CCC[NH2+][C@@H](C)c1nc2ccccc2c(=O)n1CC. The highest BCUT2D eigenvalue weighted by Gasteiger charge is 2.17. The molecular formula is C15H22N3O+. The van der Waals surface area contributed by atoms with Gasteiger partial charge in [-0.1, -0.05) is 19.1 Å². The summed E-state index contributed by atoms with van der Waals surface area (Å²) in [5.41, 5.74) is 0.865. The molecule has 4 heteroatoms. The van der Waals surface area contributed by atoms with Gasteiger partial charge in [-0.2, -0.15) is 0 Å². The van der Waals surface area contributed by atoms with Crippen LogP contribution in [0.15, 0.2) is 29.1 Å². The third-order valence-corrected chi connectivity index (χ3v) is 3.42. The van der Waals surface area contributed by atoms with Gasteiger partial charge in [0.05, 0.1) is 17.4 Å². The lowest BCUT2D eigenvalue weighted by molar-refractivity contribution is -0.694. The van der Waals surface area contributed by atoms with E-state index in [2.05, 4.69) is 19.2 Å². The van der Waals surface area contributed by atoms with E-state index in [4.69, 9.17) is 4.98 Å². The van der Waals surface area contributed by atoms with Crippen LogP contribution in [0.25, 0.3) is 10.9 Å². The van der Waals surface area contributed by atoms with Gasteiger partial charge in [0.15, 0.2) is 5.82 Å². The molecule has 1 aromatic heterocycles. The second kappa shape index (κ2) is 5.97. The topological polar surface area (TPSA) is 51.5 Å². The lowest BCUT2D eigenvalue weighted by Gasteiger charge is -2.16. The van der Waals surface area contributed by atoms with Crippen LogP contribution in [-0.2, 0) is 6.54 Å². The number of hydrogen-bond acceptors (Lipinski definition) is 2. The van der Waals surface area contributed by atoms with Gasteiger partial charge in [-0.15, -0.1) is 0 Å². The lowest BCUT2D eigenvalue weighted by Crippen LogP contribution is -2.85. The van der Waals surface area contributed by atoms with Gasteiger partial charge in [-0.3, -0.25) is 9.36 Å². The van der Waals surface area contributed by atoms with E-state index in [0.717, 1.165) is 24.3 Å². The van der Waals surface area contributed by atoms with E-state index in [9.17, 15) is 4.79 Å². The monoisotopic (exact) mass is 260 g/mol. The Morgan fingerprint density at radius 3 is 2.74 bits per heavy atom. The van der Waals surface area contributed by atoms with Crippen molar-refractivity contribution in [2.24, 2.45) is 0 Å². The Kier molecular flexibility index (Phi) is 4.32. The van der Waals surface area contributed by atoms with Gasteiger partial charge in [0.25, 0.3) is 5.56 Å². The quantitative estimate of drug-likeness (QED) is 0.884. The molecule has 1 heterocycles.